The van der Waals surface area contributed by atoms with Crippen molar-refractivity contribution in [3.05, 3.63) is 92.2 Å². The number of halogens is 2. The van der Waals surface area contributed by atoms with Crippen LogP contribution in [-0.2, 0) is 4.79 Å². The molecule has 1 unspecified atom stereocenters. The van der Waals surface area contributed by atoms with Crippen LogP contribution in [0.1, 0.15) is 17.2 Å². The summed E-state index contributed by atoms with van der Waals surface area (Å²) in [4.78, 5) is 23.1. The van der Waals surface area contributed by atoms with Gasteiger partial charge < -0.3 is 10.3 Å². The van der Waals surface area contributed by atoms with Crippen molar-refractivity contribution >= 4 is 34.8 Å². The Hall–Kier alpha value is -2.83. The molecule has 132 valence electrons. The zero-order valence-electron chi connectivity index (χ0n) is 13.3. The molecule has 0 aliphatic carbocycles. The number of aromatic nitrogens is 1. The molecular formula is C18H13Cl2N3O3. The van der Waals surface area contributed by atoms with Crippen molar-refractivity contribution in [1.82, 2.24) is 4.57 Å². The second kappa shape index (κ2) is 7.19. The maximum Gasteiger partial charge on any atom is 0.293 e. The van der Waals surface area contributed by atoms with Crippen LogP contribution in [0.5, 0.6) is 0 Å². The molecule has 0 fully saturated rings. The molecule has 6 nitrogen and oxygen atoms in total. The van der Waals surface area contributed by atoms with E-state index in [0.29, 0.717) is 16.9 Å². The molecule has 8 heteroatoms. The summed E-state index contributed by atoms with van der Waals surface area (Å²) in [6, 6.07) is 14.4. The summed E-state index contributed by atoms with van der Waals surface area (Å²) in [6.07, 6.45) is 1.62. The summed E-state index contributed by atoms with van der Waals surface area (Å²) in [7, 11) is 0. The van der Waals surface area contributed by atoms with Crippen LogP contribution >= 0.6 is 23.2 Å². The Morgan fingerprint density at radius 2 is 1.69 bits per heavy atom. The second-order valence-electron chi connectivity index (χ2n) is 5.52. The minimum Gasteiger partial charge on any atom is -0.369 e. The first-order valence-electron chi connectivity index (χ1n) is 7.56. The molecule has 0 bridgehead atoms. The average Bonchev–Trinajstić information content (AvgIpc) is 3.06. The highest BCUT2D eigenvalue weighted by atomic mass is 35.5. The lowest BCUT2D eigenvalue weighted by Crippen LogP contribution is -2.25. The van der Waals surface area contributed by atoms with Gasteiger partial charge in [-0.25, -0.2) is 0 Å². The first-order chi connectivity index (χ1) is 12.4. The lowest BCUT2D eigenvalue weighted by molar-refractivity contribution is -0.384. The van der Waals surface area contributed by atoms with Crippen LogP contribution in [0.2, 0.25) is 10.0 Å². The van der Waals surface area contributed by atoms with E-state index in [2.05, 4.69) is 0 Å². The molecule has 3 rings (SSSR count). The van der Waals surface area contributed by atoms with Crippen molar-refractivity contribution < 1.29 is 9.72 Å². The Kier molecular flexibility index (Phi) is 4.97. The monoisotopic (exact) mass is 389 g/mol. The van der Waals surface area contributed by atoms with Gasteiger partial charge in [-0.15, -0.1) is 0 Å². The molecule has 1 amide bonds. The third kappa shape index (κ3) is 3.16. The molecule has 1 atom stereocenters. The van der Waals surface area contributed by atoms with Gasteiger partial charge in [0.25, 0.3) is 5.69 Å². The number of carbonyl (C=O) groups is 1. The van der Waals surface area contributed by atoms with Crippen molar-refractivity contribution in [2.24, 2.45) is 5.73 Å². The van der Waals surface area contributed by atoms with E-state index in [0.717, 1.165) is 0 Å². The predicted octanol–water partition coefficient (Wildman–Crippen LogP) is 4.31. The van der Waals surface area contributed by atoms with E-state index in [-0.39, 0.29) is 15.7 Å². The summed E-state index contributed by atoms with van der Waals surface area (Å²) in [5.41, 5.74) is 6.65. The van der Waals surface area contributed by atoms with Crippen LogP contribution in [0.4, 0.5) is 5.69 Å². The molecule has 3 aromatic rings. The third-order valence-corrected chi connectivity index (χ3v) is 4.65. The number of hydrogen-bond donors (Lipinski definition) is 1. The Labute approximate surface area is 158 Å². The standard InChI is InChI=1S/C18H13Cl2N3O3/c19-11-5-3-6-12(20)16(11)17(18(21)24)15-9-4-10-22(15)13-7-1-2-8-14(13)23(25)26/h1-10,17H,(H2,21,24). The van der Waals surface area contributed by atoms with Gasteiger partial charge in [0.2, 0.25) is 5.91 Å². The molecule has 0 radical (unpaired) electrons. The number of para-hydroxylation sites is 2. The first kappa shape index (κ1) is 18.0. The second-order valence-corrected chi connectivity index (χ2v) is 6.33. The Morgan fingerprint density at radius 1 is 1.04 bits per heavy atom. The number of nitro groups is 1. The number of primary amides is 1. The van der Waals surface area contributed by atoms with Gasteiger partial charge in [0, 0.05) is 33.6 Å². The summed E-state index contributed by atoms with van der Waals surface area (Å²) in [5, 5.41) is 11.9. The van der Waals surface area contributed by atoms with E-state index < -0.39 is 16.7 Å². The number of benzene rings is 2. The summed E-state index contributed by atoms with van der Waals surface area (Å²) < 4.78 is 1.55. The van der Waals surface area contributed by atoms with Crippen LogP contribution in [0.25, 0.3) is 5.69 Å². The molecule has 26 heavy (non-hydrogen) atoms. The molecular weight excluding hydrogens is 377 g/mol. The molecule has 1 aromatic heterocycles. The fourth-order valence-electron chi connectivity index (χ4n) is 2.89. The van der Waals surface area contributed by atoms with E-state index >= 15 is 0 Å². The highest BCUT2D eigenvalue weighted by Crippen LogP contribution is 2.37. The maximum absolute atomic E-state index is 12.3. The van der Waals surface area contributed by atoms with Gasteiger partial charge in [-0.05, 0) is 30.3 Å². The Bertz CT molecular complexity index is 981. The quantitative estimate of drug-likeness (QED) is 0.520. The zero-order valence-corrected chi connectivity index (χ0v) is 14.8. The van der Waals surface area contributed by atoms with Crippen molar-refractivity contribution in [3.63, 3.8) is 0 Å². The summed E-state index contributed by atoms with van der Waals surface area (Å²) >= 11 is 12.5. The number of rotatable bonds is 5. The fourth-order valence-corrected chi connectivity index (χ4v) is 3.51. The van der Waals surface area contributed by atoms with Gasteiger partial charge in [-0.3, -0.25) is 14.9 Å². The molecule has 0 spiro atoms. The maximum atomic E-state index is 12.3. The molecule has 2 aromatic carbocycles. The van der Waals surface area contributed by atoms with Gasteiger partial charge in [-0.2, -0.15) is 0 Å². The highest BCUT2D eigenvalue weighted by Gasteiger charge is 2.29. The van der Waals surface area contributed by atoms with Crippen LogP contribution in [0.15, 0.2) is 60.8 Å². The van der Waals surface area contributed by atoms with Gasteiger partial charge in [-0.1, -0.05) is 41.4 Å². The number of hydrogen-bond acceptors (Lipinski definition) is 3. The first-order valence-corrected chi connectivity index (χ1v) is 8.31. The largest absolute Gasteiger partial charge is 0.369 e. The lowest BCUT2D eigenvalue weighted by atomic mass is 9.94. The molecule has 0 aliphatic rings. The zero-order chi connectivity index (χ0) is 18.8. The minimum atomic E-state index is -0.967. The highest BCUT2D eigenvalue weighted by molar-refractivity contribution is 6.36. The van der Waals surface area contributed by atoms with E-state index in [4.69, 9.17) is 28.9 Å². The molecule has 0 saturated carbocycles. The Morgan fingerprint density at radius 3 is 2.31 bits per heavy atom. The fraction of sp³-hybridized carbons (Fsp3) is 0.0556. The van der Waals surface area contributed by atoms with Gasteiger partial charge in [0.05, 0.1) is 4.92 Å². The van der Waals surface area contributed by atoms with E-state index in [1.54, 1.807) is 59.3 Å². The summed E-state index contributed by atoms with van der Waals surface area (Å²) in [6.45, 7) is 0. The SMILES string of the molecule is NC(=O)C(c1c(Cl)cccc1Cl)c1cccn1-c1ccccc1[N+](=O)[O-]. The van der Waals surface area contributed by atoms with Crippen molar-refractivity contribution in [1.29, 1.82) is 0 Å². The van der Waals surface area contributed by atoms with Crippen molar-refractivity contribution in [3.8, 4) is 5.69 Å². The number of nitrogens with zero attached hydrogens (tertiary/aromatic N) is 2. The van der Waals surface area contributed by atoms with E-state index in [9.17, 15) is 14.9 Å². The number of nitro benzene ring substituents is 1. The predicted molar refractivity (Wildman–Crippen MR) is 99.9 cm³/mol. The third-order valence-electron chi connectivity index (χ3n) is 3.99. The van der Waals surface area contributed by atoms with Crippen LogP contribution < -0.4 is 5.73 Å². The molecule has 0 saturated heterocycles. The van der Waals surface area contributed by atoms with Crippen molar-refractivity contribution in [2.45, 2.75) is 5.92 Å². The number of amides is 1. The van der Waals surface area contributed by atoms with Gasteiger partial charge in [0.15, 0.2) is 0 Å². The van der Waals surface area contributed by atoms with E-state index in [1.807, 2.05) is 0 Å². The van der Waals surface area contributed by atoms with Crippen molar-refractivity contribution in [2.75, 3.05) is 0 Å². The van der Waals surface area contributed by atoms with Crippen LogP contribution in [0, 0.1) is 10.1 Å². The molecule has 1 heterocycles. The number of carbonyl (C=O) groups excluding carboxylic acids is 1. The topological polar surface area (TPSA) is 91.2 Å². The smallest absolute Gasteiger partial charge is 0.293 e. The van der Waals surface area contributed by atoms with Crippen LogP contribution in [0.3, 0.4) is 0 Å². The normalized spacial score (nSPS) is 11.9. The lowest BCUT2D eigenvalue weighted by Gasteiger charge is -2.19. The van der Waals surface area contributed by atoms with E-state index in [1.165, 1.54) is 6.07 Å². The van der Waals surface area contributed by atoms with Crippen LogP contribution in [-0.4, -0.2) is 15.4 Å². The Balaban J connectivity index is 2.24. The number of nitrogens with two attached hydrogens (primary N) is 1. The summed E-state index contributed by atoms with van der Waals surface area (Å²) in [5.74, 6) is -1.63. The minimum absolute atomic E-state index is 0.0987. The average molecular weight is 390 g/mol. The van der Waals surface area contributed by atoms with Gasteiger partial charge >= 0.3 is 0 Å². The van der Waals surface area contributed by atoms with Gasteiger partial charge in [0.1, 0.15) is 11.6 Å². The molecule has 0 aliphatic heterocycles. The molecule has 2 N–H and O–H groups in total.